The molecule has 1 rings (SSSR count). The van der Waals surface area contributed by atoms with Gasteiger partial charge in [-0.1, -0.05) is 22.0 Å². The topological polar surface area (TPSA) is 58.2 Å². The van der Waals surface area contributed by atoms with Gasteiger partial charge in [0.2, 0.25) is 5.91 Å². The first-order chi connectivity index (χ1) is 7.00. The lowest BCUT2D eigenvalue weighted by Crippen LogP contribution is -2.40. The number of hydrazine groups is 1. The van der Waals surface area contributed by atoms with Crippen LogP contribution in [0, 0.1) is 6.92 Å². The molecule has 1 aromatic carbocycles. The summed E-state index contributed by atoms with van der Waals surface area (Å²) in [5.41, 5.74) is 5.92. The molecule has 15 heavy (non-hydrogen) atoms. The lowest BCUT2D eigenvalue weighted by molar-refractivity contribution is -0.119. The molecule has 1 aromatic rings. The molecule has 0 aromatic heterocycles. The van der Waals surface area contributed by atoms with Gasteiger partial charge in [-0.2, -0.15) is 0 Å². The van der Waals surface area contributed by atoms with E-state index in [0.29, 0.717) is 5.56 Å². The summed E-state index contributed by atoms with van der Waals surface area (Å²) in [5, 5.41) is 0. The van der Waals surface area contributed by atoms with Gasteiger partial charge in [0.15, 0.2) is 0 Å². The highest BCUT2D eigenvalue weighted by atomic mass is 79.9. The molecule has 0 saturated heterocycles. The van der Waals surface area contributed by atoms with Gasteiger partial charge in [0.1, 0.15) is 0 Å². The van der Waals surface area contributed by atoms with Gasteiger partial charge in [-0.3, -0.25) is 20.4 Å². The van der Waals surface area contributed by atoms with Crippen molar-refractivity contribution in [2.75, 3.05) is 0 Å². The molecule has 4 nitrogen and oxygen atoms in total. The average molecular weight is 271 g/mol. The number of aryl methyl sites for hydroxylation is 1. The molecular formula is C10H11BrN2O2. The van der Waals surface area contributed by atoms with E-state index in [-0.39, 0.29) is 11.8 Å². The Morgan fingerprint density at radius 3 is 2.53 bits per heavy atom. The summed E-state index contributed by atoms with van der Waals surface area (Å²) in [6, 6.07) is 5.38. The highest BCUT2D eigenvalue weighted by molar-refractivity contribution is 9.10. The number of rotatable bonds is 1. The van der Waals surface area contributed by atoms with Gasteiger partial charge >= 0.3 is 0 Å². The maximum Gasteiger partial charge on any atom is 0.269 e. The number of hydrogen-bond donors (Lipinski definition) is 2. The summed E-state index contributed by atoms with van der Waals surface area (Å²) in [6.07, 6.45) is 0. The van der Waals surface area contributed by atoms with Crippen LogP contribution in [0.3, 0.4) is 0 Å². The van der Waals surface area contributed by atoms with Crippen LogP contribution in [-0.4, -0.2) is 11.8 Å². The number of halogens is 1. The summed E-state index contributed by atoms with van der Waals surface area (Å²) in [6.45, 7) is 3.16. The quantitative estimate of drug-likeness (QED) is 0.761. The van der Waals surface area contributed by atoms with E-state index in [1.54, 1.807) is 6.07 Å². The summed E-state index contributed by atoms with van der Waals surface area (Å²) in [5.74, 6) is -0.639. The van der Waals surface area contributed by atoms with Crippen molar-refractivity contribution < 1.29 is 9.59 Å². The van der Waals surface area contributed by atoms with Crippen LogP contribution in [0.15, 0.2) is 22.7 Å². The monoisotopic (exact) mass is 270 g/mol. The molecule has 0 fully saturated rings. The fraction of sp³-hybridized carbons (Fsp3) is 0.200. The Bertz CT molecular complexity index is 404. The molecule has 0 aliphatic heterocycles. The molecule has 2 N–H and O–H groups in total. The smallest absolute Gasteiger partial charge is 0.269 e. The highest BCUT2D eigenvalue weighted by Crippen LogP contribution is 2.15. The second kappa shape index (κ2) is 4.93. The van der Waals surface area contributed by atoms with Crippen molar-refractivity contribution in [2.45, 2.75) is 13.8 Å². The Balaban J connectivity index is 2.81. The Morgan fingerprint density at radius 1 is 1.27 bits per heavy atom. The highest BCUT2D eigenvalue weighted by Gasteiger charge is 2.08. The van der Waals surface area contributed by atoms with E-state index in [0.717, 1.165) is 10.0 Å². The normalized spacial score (nSPS) is 9.53. The van der Waals surface area contributed by atoms with Crippen LogP contribution in [0.2, 0.25) is 0 Å². The van der Waals surface area contributed by atoms with Gasteiger partial charge in [-0.25, -0.2) is 0 Å². The minimum absolute atomic E-state index is 0.309. The summed E-state index contributed by atoms with van der Waals surface area (Å²) in [7, 11) is 0. The van der Waals surface area contributed by atoms with Gasteiger partial charge in [-0.15, -0.1) is 0 Å². The SMILES string of the molecule is CC(=O)NNC(=O)c1cc(Br)ccc1C. The lowest BCUT2D eigenvalue weighted by atomic mass is 10.1. The van der Waals surface area contributed by atoms with Crippen LogP contribution in [0.25, 0.3) is 0 Å². The lowest BCUT2D eigenvalue weighted by Gasteiger charge is -2.07. The van der Waals surface area contributed by atoms with E-state index in [1.165, 1.54) is 6.92 Å². The molecule has 0 spiro atoms. The molecule has 0 heterocycles. The number of carbonyl (C=O) groups is 2. The van der Waals surface area contributed by atoms with Crippen LogP contribution < -0.4 is 10.9 Å². The Morgan fingerprint density at radius 2 is 1.93 bits per heavy atom. The molecule has 0 bridgehead atoms. The van der Waals surface area contributed by atoms with Gasteiger partial charge in [0.25, 0.3) is 5.91 Å². The molecule has 0 aliphatic rings. The molecule has 80 valence electrons. The van der Waals surface area contributed by atoms with Gasteiger partial charge < -0.3 is 0 Å². The standard InChI is InChI=1S/C10H11BrN2O2/c1-6-3-4-8(11)5-9(6)10(15)13-12-7(2)14/h3-5H,1-2H3,(H,12,14)(H,13,15). The fourth-order valence-electron chi connectivity index (χ4n) is 1.05. The zero-order valence-electron chi connectivity index (χ0n) is 8.43. The van der Waals surface area contributed by atoms with Crippen molar-refractivity contribution in [2.24, 2.45) is 0 Å². The number of amides is 2. The minimum atomic E-state index is -0.330. The van der Waals surface area contributed by atoms with Crippen molar-refractivity contribution >= 4 is 27.7 Å². The van der Waals surface area contributed by atoms with E-state index in [2.05, 4.69) is 26.8 Å². The molecule has 5 heteroatoms. The number of hydrogen-bond acceptors (Lipinski definition) is 2. The molecule has 0 saturated carbocycles. The van der Waals surface area contributed by atoms with Gasteiger partial charge in [0, 0.05) is 17.0 Å². The molecular weight excluding hydrogens is 260 g/mol. The third-order valence-corrected chi connectivity index (χ3v) is 2.29. The first-order valence-electron chi connectivity index (χ1n) is 4.34. The van der Waals surface area contributed by atoms with E-state index < -0.39 is 0 Å². The van der Waals surface area contributed by atoms with Gasteiger partial charge in [0.05, 0.1) is 0 Å². The Hall–Kier alpha value is -1.36. The van der Waals surface area contributed by atoms with Crippen molar-refractivity contribution in [3.63, 3.8) is 0 Å². The first kappa shape index (κ1) is 11.7. The predicted molar refractivity (Wildman–Crippen MR) is 60.2 cm³/mol. The molecule has 2 amide bonds. The second-order valence-electron chi connectivity index (χ2n) is 3.09. The van der Waals surface area contributed by atoms with E-state index in [1.807, 2.05) is 19.1 Å². The number of nitrogens with one attached hydrogen (secondary N) is 2. The summed E-state index contributed by atoms with van der Waals surface area (Å²) in [4.78, 5) is 22.2. The summed E-state index contributed by atoms with van der Waals surface area (Å²) < 4.78 is 0.820. The molecule has 0 atom stereocenters. The minimum Gasteiger partial charge on any atom is -0.274 e. The van der Waals surface area contributed by atoms with Crippen LogP contribution in [-0.2, 0) is 4.79 Å². The van der Waals surface area contributed by atoms with Crippen molar-refractivity contribution in [1.82, 2.24) is 10.9 Å². The third-order valence-electron chi connectivity index (χ3n) is 1.80. The molecule has 0 aliphatic carbocycles. The molecule has 0 unspecified atom stereocenters. The Labute approximate surface area is 96.2 Å². The number of carbonyl (C=O) groups excluding carboxylic acids is 2. The maximum atomic E-state index is 11.6. The van der Waals surface area contributed by atoms with E-state index in [4.69, 9.17) is 0 Å². The van der Waals surface area contributed by atoms with Crippen molar-refractivity contribution in [3.05, 3.63) is 33.8 Å². The first-order valence-corrected chi connectivity index (χ1v) is 5.13. The predicted octanol–water partition coefficient (Wildman–Crippen LogP) is 1.54. The van der Waals surface area contributed by atoms with Crippen molar-refractivity contribution in [3.8, 4) is 0 Å². The fourth-order valence-corrected chi connectivity index (χ4v) is 1.41. The largest absolute Gasteiger partial charge is 0.274 e. The van der Waals surface area contributed by atoms with Crippen molar-refractivity contribution in [1.29, 1.82) is 0 Å². The Kier molecular flexibility index (Phi) is 3.85. The zero-order valence-corrected chi connectivity index (χ0v) is 10.0. The second-order valence-corrected chi connectivity index (χ2v) is 4.01. The van der Waals surface area contributed by atoms with Gasteiger partial charge in [-0.05, 0) is 24.6 Å². The summed E-state index contributed by atoms with van der Waals surface area (Å²) >= 11 is 3.28. The van der Waals surface area contributed by atoms with E-state index >= 15 is 0 Å². The maximum absolute atomic E-state index is 11.6. The molecule has 0 radical (unpaired) electrons. The van der Waals surface area contributed by atoms with Crippen LogP contribution in [0.5, 0.6) is 0 Å². The zero-order chi connectivity index (χ0) is 11.4. The third kappa shape index (κ3) is 3.36. The van der Waals surface area contributed by atoms with Crippen LogP contribution in [0.1, 0.15) is 22.8 Å². The average Bonchev–Trinajstić information content (AvgIpc) is 2.18. The van der Waals surface area contributed by atoms with Crippen LogP contribution in [0.4, 0.5) is 0 Å². The van der Waals surface area contributed by atoms with E-state index in [9.17, 15) is 9.59 Å². The number of benzene rings is 1. The van der Waals surface area contributed by atoms with Crippen LogP contribution >= 0.6 is 15.9 Å².